The van der Waals surface area contributed by atoms with Crippen molar-refractivity contribution in [2.75, 3.05) is 19.3 Å². The lowest BCUT2D eigenvalue weighted by molar-refractivity contribution is 0.455. The lowest BCUT2D eigenvalue weighted by Crippen LogP contribution is -2.23. The lowest BCUT2D eigenvalue weighted by atomic mass is 10.4. The molecule has 96 valence electrons. The molecular weight excluding hydrogens is 256 g/mol. The third kappa shape index (κ3) is 2.96. The highest BCUT2D eigenvalue weighted by atomic mass is 32.2. The molecule has 0 spiro atoms. The Balaban J connectivity index is 3.25. The van der Waals surface area contributed by atoms with Crippen LogP contribution in [0.2, 0.25) is 0 Å². The van der Waals surface area contributed by atoms with Gasteiger partial charge in [0.15, 0.2) is 14.7 Å². The molecule has 0 bridgehead atoms. The second-order valence-corrected chi connectivity index (χ2v) is 7.47. The molecule has 1 fully saturated rings. The van der Waals surface area contributed by atoms with Crippen LogP contribution in [0.15, 0.2) is 9.93 Å². The monoisotopic (exact) mass is 274 g/mol. The number of hydrogen-bond acceptors (Lipinski definition) is 5. The van der Waals surface area contributed by atoms with Crippen LogP contribution in [0.1, 0.15) is 26.7 Å². The Morgan fingerprint density at radius 2 is 1.88 bits per heavy atom. The zero-order valence-corrected chi connectivity index (χ0v) is 12.1. The zero-order chi connectivity index (χ0) is 13.1. The fraction of sp³-hybridized carbons (Fsp3) is 0.727. The van der Waals surface area contributed by atoms with Gasteiger partial charge in [0.05, 0.1) is 5.25 Å². The van der Waals surface area contributed by atoms with Gasteiger partial charge in [0.25, 0.3) is 0 Å². The Kier molecular flexibility index (Phi) is 4.90. The summed E-state index contributed by atoms with van der Waals surface area (Å²) in [5, 5.41) is 9.20. The van der Waals surface area contributed by atoms with Gasteiger partial charge < -0.3 is 4.90 Å². The minimum atomic E-state index is -3.48. The van der Waals surface area contributed by atoms with Gasteiger partial charge in [-0.3, -0.25) is 0 Å². The van der Waals surface area contributed by atoms with Gasteiger partial charge in [-0.05, 0) is 32.9 Å². The third-order valence-electron chi connectivity index (χ3n) is 2.79. The highest BCUT2D eigenvalue weighted by Gasteiger charge is 2.29. The summed E-state index contributed by atoms with van der Waals surface area (Å²) < 4.78 is 24.2. The van der Waals surface area contributed by atoms with Gasteiger partial charge in [0.1, 0.15) is 11.1 Å². The number of sulfone groups is 1. The Labute approximate surface area is 108 Å². The number of thioether (sulfide) groups is 1. The van der Waals surface area contributed by atoms with Crippen molar-refractivity contribution in [3.63, 3.8) is 0 Å². The van der Waals surface area contributed by atoms with Crippen molar-refractivity contribution >= 4 is 21.6 Å². The Morgan fingerprint density at radius 3 is 2.24 bits per heavy atom. The minimum Gasteiger partial charge on any atom is -0.365 e. The average Bonchev–Trinajstić information content (AvgIpc) is 2.78. The zero-order valence-electron chi connectivity index (χ0n) is 10.4. The predicted octanol–water partition coefficient (Wildman–Crippen LogP) is 1.96. The van der Waals surface area contributed by atoms with Crippen LogP contribution >= 0.6 is 11.8 Å². The fourth-order valence-electron chi connectivity index (χ4n) is 1.75. The molecule has 1 heterocycles. The molecule has 0 aromatic heterocycles. The topological polar surface area (TPSA) is 61.2 Å². The quantitative estimate of drug-likeness (QED) is 0.733. The molecule has 0 unspecified atom stereocenters. The van der Waals surface area contributed by atoms with E-state index in [9.17, 15) is 8.42 Å². The smallest absolute Gasteiger partial charge is 0.193 e. The molecule has 6 heteroatoms. The first-order valence-electron chi connectivity index (χ1n) is 5.62. The molecule has 1 aliphatic rings. The second-order valence-electron chi connectivity index (χ2n) is 4.24. The van der Waals surface area contributed by atoms with Gasteiger partial charge in [-0.1, -0.05) is 0 Å². The molecule has 4 nitrogen and oxygen atoms in total. The first kappa shape index (κ1) is 14.4. The maximum absolute atomic E-state index is 12.1. The summed E-state index contributed by atoms with van der Waals surface area (Å²) in [5.74, 6) is 0. The van der Waals surface area contributed by atoms with Crippen LogP contribution < -0.4 is 0 Å². The number of allylic oxidation sites excluding steroid dienone is 1. The Morgan fingerprint density at radius 1 is 1.35 bits per heavy atom. The first-order chi connectivity index (χ1) is 7.95. The third-order valence-corrected chi connectivity index (χ3v) is 5.86. The molecule has 0 saturated carbocycles. The van der Waals surface area contributed by atoms with Gasteiger partial charge in [-0.2, -0.15) is 5.26 Å². The predicted molar refractivity (Wildman–Crippen MR) is 71.0 cm³/mol. The fourth-order valence-corrected chi connectivity index (χ4v) is 4.00. The van der Waals surface area contributed by atoms with Gasteiger partial charge in [0.2, 0.25) is 0 Å². The second kappa shape index (κ2) is 5.78. The SMILES string of the molecule is CSC(=C(C#N)S(=O)(=O)C(C)C)N1CCCC1. The molecule has 0 radical (unpaired) electrons. The van der Waals surface area contributed by atoms with Crippen LogP contribution in [0.5, 0.6) is 0 Å². The molecule has 1 aliphatic heterocycles. The van der Waals surface area contributed by atoms with E-state index in [-0.39, 0.29) is 4.91 Å². The first-order valence-corrected chi connectivity index (χ1v) is 8.39. The highest BCUT2D eigenvalue weighted by Crippen LogP contribution is 2.29. The van der Waals surface area contributed by atoms with E-state index in [4.69, 9.17) is 5.26 Å². The number of hydrogen-bond donors (Lipinski definition) is 0. The normalized spacial score (nSPS) is 18.2. The molecule has 0 amide bonds. The molecule has 0 aromatic carbocycles. The highest BCUT2D eigenvalue weighted by molar-refractivity contribution is 8.04. The standard InChI is InChI=1S/C11H18N2O2S2/c1-9(2)17(14,15)10(8-12)11(16-3)13-6-4-5-7-13/h9H,4-7H2,1-3H3. The molecule has 0 aliphatic carbocycles. The summed E-state index contributed by atoms with van der Waals surface area (Å²) >= 11 is 1.35. The van der Waals surface area contributed by atoms with E-state index in [2.05, 4.69) is 0 Å². The van der Waals surface area contributed by atoms with E-state index in [1.807, 2.05) is 17.2 Å². The minimum absolute atomic E-state index is 0.0677. The summed E-state index contributed by atoms with van der Waals surface area (Å²) in [6, 6.07) is 1.88. The number of nitriles is 1. The van der Waals surface area contributed by atoms with Crippen LogP contribution in [0.4, 0.5) is 0 Å². The van der Waals surface area contributed by atoms with E-state index in [1.54, 1.807) is 13.8 Å². The summed E-state index contributed by atoms with van der Waals surface area (Å²) in [6.07, 6.45) is 3.94. The van der Waals surface area contributed by atoms with Gasteiger partial charge in [-0.15, -0.1) is 11.8 Å². The summed E-state index contributed by atoms with van der Waals surface area (Å²) in [6.45, 7) is 4.90. The Hall–Kier alpha value is -0.670. The van der Waals surface area contributed by atoms with Gasteiger partial charge in [-0.25, -0.2) is 8.42 Å². The largest absolute Gasteiger partial charge is 0.365 e. The number of rotatable bonds is 4. The molecular formula is C11H18N2O2S2. The molecule has 0 atom stereocenters. The summed E-state index contributed by atoms with van der Waals surface area (Å²) in [5.41, 5.74) is 0. The number of likely N-dealkylation sites (tertiary alicyclic amines) is 1. The van der Waals surface area contributed by atoms with E-state index in [0.717, 1.165) is 25.9 Å². The maximum atomic E-state index is 12.1. The van der Waals surface area contributed by atoms with Crippen molar-refractivity contribution in [3.8, 4) is 6.07 Å². The van der Waals surface area contributed by atoms with Gasteiger partial charge in [0, 0.05) is 13.1 Å². The van der Waals surface area contributed by atoms with E-state index >= 15 is 0 Å². The van der Waals surface area contributed by atoms with Crippen LogP contribution in [0, 0.1) is 11.3 Å². The van der Waals surface area contributed by atoms with Crippen molar-refractivity contribution in [2.45, 2.75) is 31.9 Å². The van der Waals surface area contributed by atoms with Crippen LogP contribution in [0.25, 0.3) is 0 Å². The Bertz CT molecular complexity index is 441. The van der Waals surface area contributed by atoms with Crippen LogP contribution in [-0.4, -0.2) is 37.9 Å². The van der Waals surface area contributed by atoms with Gasteiger partial charge >= 0.3 is 0 Å². The van der Waals surface area contributed by atoms with Crippen LogP contribution in [0.3, 0.4) is 0 Å². The summed E-state index contributed by atoms with van der Waals surface area (Å²) in [7, 11) is -3.48. The van der Waals surface area contributed by atoms with E-state index in [0.29, 0.717) is 5.03 Å². The van der Waals surface area contributed by atoms with Crippen LogP contribution in [-0.2, 0) is 9.84 Å². The molecule has 17 heavy (non-hydrogen) atoms. The summed E-state index contributed by atoms with van der Waals surface area (Å²) in [4.78, 5) is 1.94. The average molecular weight is 274 g/mol. The number of nitrogens with zero attached hydrogens (tertiary/aromatic N) is 2. The molecule has 1 rings (SSSR count). The van der Waals surface area contributed by atoms with Crippen molar-refractivity contribution in [3.05, 3.63) is 9.93 Å². The van der Waals surface area contributed by atoms with Crippen molar-refractivity contribution in [1.82, 2.24) is 4.90 Å². The van der Waals surface area contributed by atoms with Crippen molar-refractivity contribution in [2.24, 2.45) is 0 Å². The van der Waals surface area contributed by atoms with E-state index in [1.165, 1.54) is 11.8 Å². The molecule has 1 saturated heterocycles. The van der Waals surface area contributed by atoms with Crippen molar-refractivity contribution < 1.29 is 8.42 Å². The van der Waals surface area contributed by atoms with E-state index < -0.39 is 15.1 Å². The maximum Gasteiger partial charge on any atom is 0.193 e. The molecule has 0 N–H and O–H groups in total. The molecule has 0 aromatic rings. The van der Waals surface area contributed by atoms with Crippen molar-refractivity contribution in [1.29, 1.82) is 5.26 Å². The lowest BCUT2D eigenvalue weighted by Gasteiger charge is -2.21.